The molecule has 0 atom stereocenters. The number of carbonyl (C=O) groups is 2. The molecule has 1 aromatic carbocycles. The maximum absolute atomic E-state index is 12.8. The minimum Gasteiger partial charge on any atom is -0.368 e. The van der Waals surface area contributed by atoms with Crippen molar-refractivity contribution in [3.8, 4) is 0 Å². The van der Waals surface area contributed by atoms with Gasteiger partial charge in [0.15, 0.2) is 0 Å². The zero-order valence-corrected chi connectivity index (χ0v) is 17.7. The van der Waals surface area contributed by atoms with Crippen molar-refractivity contribution in [3.05, 3.63) is 40.8 Å². The zero-order chi connectivity index (χ0) is 21.4. The Morgan fingerprint density at radius 3 is 2.38 bits per heavy atom. The standard InChI is InChI=1S/C23H31N3O3/c1-22(2)11-15(12-23(3,4)14-22)10-20(28)25-18-7-5-6-17-16(18)8-9-26(21(17)29)13-19(24)27/h5-9,15H,10-14H2,1-4H3,(H2,24,27)(H,25,28). The summed E-state index contributed by atoms with van der Waals surface area (Å²) in [5.41, 5.74) is 5.99. The smallest absolute Gasteiger partial charge is 0.258 e. The van der Waals surface area contributed by atoms with Crippen molar-refractivity contribution in [2.75, 3.05) is 5.32 Å². The van der Waals surface area contributed by atoms with Gasteiger partial charge < -0.3 is 15.6 Å². The van der Waals surface area contributed by atoms with Gasteiger partial charge in [-0.3, -0.25) is 14.4 Å². The van der Waals surface area contributed by atoms with E-state index < -0.39 is 5.91 Å². The van der Waals surface area contributed by atoms with Crippen molar-refractivity contribution in [1.82, 2.24) is 4.57 Å². The van der Waals surface area contributed by atoms with Gasteiger partial charge in [-0.25, -0.2) is 0 Å². The fraction of sp³-hybridized carbons (Fsp3) is 0.522. The molecule has 29 heavy (non-hydrogen) atoms. The van der Waals surface area contributed by atoms with Crippen LogP contribution in [0.1, 0.15) is 53.4 Å². The highest BCUT2D eigenvalue weighted by atomic mass is 16.2. The number of hydrogen-bond acceptors (Lipinski definition) is 3. The number of primary amides is 1. The summed E-state index contributed by atoms with van der Waals surface area (Å²) < 4.78 is 1.28. The molecule has 0 bridgehead atoms. The summed E-state index contributed by atoms with van der Waals surface area (Å²) in [7, 11) is 0. The van der Waals surface area contributed by atoms with Gasteiger partial charge in [0.2, 0.25) is 11.8 Å². The third-order valence-electron chi connectivity index (χ3n) is 5.73. The van der Waals surface area contributed by atoms with E-state index in [1.807, 2.05) is 0 Å². The first-order valence-electron chi connectivity index (χ1n) is 10.2. The molecule has 1 aliphatic rings. The van der Waals surface area contributed by atoms with Crippen LogP contribution in [0.2, 0.25) is 0 Å². The summed E-state index contributed by atoms with van der Waals surface area (Å²) in [4.78, 5) is 36.5. The van der Waals surface area contributed by atoms with Gasteiger partial charge in [-0.15, -0.1) is 0 Å². The fourth-order valence-electron chi connectivity index (χ4n) is 5.40. The van der Waals surface area contributed by atoms with E-state index >= 15 is 0 Å². The number of carbonyl (C=O) groups excluding carboxylic acids is 2. The molecule has 1 aliphatic carbocycles. The summed E-state index contributed by atoms with van der Waals surface area (Å²) in [6, 6.07) is 6.97. The van der Waals surface area contributed by atoms with Gasteiger partial charge in [0.25, 0.3) is 5.56 Å². The summed E-state index contributed by atoms with van der Waals surface area (Å²) >= 11 is 0. The van der Waals surface area contributed by atoms with Crippen LogP contribution in [0.15, 0.2) is 35.3 Å². The normalized spacial score (nSPS) is 18.5. The van der Waals surface area contributed by atoms with Crippen molar-refractivity contribution in [3.63, 3.8) is 0 Å². The number of nitrogens with one attached hydrogen (secondary N) is 1. The SMILES string of the molecule is CC1(C)CC(CC(=O)Nc2cccc3c(=O)n(CC(N)=O)ccc23)CC(C)(C)C1. The first-order chi connectivity index (χ1) is 13.5. The van der Waals surface area contributed by atoms with Crippen LogP contribution >= 0.6 is 0 Å². The molecule has 0 saturated heterocycles. The number of hydrogen-bond donors (Lipinski definition) is 2. The van der Waals surface area contributed by atoms with Crippen LogP contribution < -0.4 is 16.6 Å². The van der Waals surface area contributed by atoms with Gasteiger partial charge in [0.05, 0.1) is 0 Å². The van der Waals surface area contributed by atoms with Crippen LogP contribution in [-0.2, 0) is 16.1 Å². The highest BCUT2D eigenvalue weighted by Crippen LogP contribution is 2.49. The number of anilines is 1. The van der Waals surface area contributed by atoms with Gasteiger partial charge >= 0.3 is 0 Å². The molecule has 0 aliphatic heterocycles. The van der Waals surface area contributed by atoms with E-state index in [1.165, 1.54) is 17.2 Å². The number of fused-ring (bicyclic) bond motifs is 1. The average Bonchev–Trinajstić information content (AvgIpc) is 2.54. The zero-order valence-electron chi connectivity index (χ0n) is 17.7. The summed E-state index contributed by atoms with van der Waals surface area (Å²) in [6.45, 7) is 8.95. The Morgan fingerprint density at radius 2 is 1.76 bits per heavy atom. The van der Waals surface area contributed by atoms with E-state index in [4.69, 9.17) is 5.73 Å². The van der Waals surface area contributed by atoms with Crippen LogP contribution in [0.5, 0.6) is 0 Å². The first-order valence-corrected chi connectivity index (χ1v) is 10.2. The molecular weight excluding hydrogens is 366 g/mol. The van der Waals surface area contributed by atoms with Crippen molar-refractivity contribution in [1.29, 1.82) is 0 Å². The van der Waals surface area contributed by atoms with E-state index in [2.05, 4.69) is 33.0 Å². The molecule has 2 amide bonds. The highest BCUT2D eigenvalue weighted by Gasteiger charge is 2.38. The molecule has 6 heteroatoms. The Bertz CT molecular complexity index is 988. The predicted octanol–water partition coefficient (Wildman–Crippen LogP) is 3.67. The maximum Gasteiger partial charge on any atom is 0.258 e. The summed E-state index contributed by atoms with van der Waals surface area (Å²) in [5.74, 6) is -0.261. The molecule has 0 spiro atoms. The molecule has 6 nitrogen and oxygen atoms in total. The van der Waals surface area contributed by atoms with Gasteiger partial charge in [-0.1, -0.05) is 33.8 Å². The molecule has 3 rings (SSSR count). The van der Waals surface area contributed by atoms with Crippen molar-refractivity contribution < 1.29 is 9.59 Å². The van der Waals surface area contributed by atoms with Gasteiger partial charge in [-0.05, 0) is 54.2 Å². The number of rotatable bonds is 5. The molecule has 3 N–H and O–H groups in total. The van der Waals surface area contributed by atoms with Crippen LogP contribution in [-0.4, -0.2) is 16.4 Å². The van der Waals surface area contributed by atoms with E-state index in [-0.39, 0.29) is 28.8 Å². The predicted molar refractivity (Wildman–Crippen MR) is 116 cm³/mol. The molecule has 0 unspecified atom stereocenters. The fourth-order valence-corrected chi connectivity index (χ4v) is 5.40. The topological polar surface area (TPSA) is 94.2 Å². The number of amides is 2. The molecular formula is C23H31N3O3. The number of pyridine rings is 1. The van der Waals surface area contributed by atoms with Crippen molar-refractivity contribution >= 4 is 28.3 Å². The minimum atomic E-state index is -0.575. The van der Waals surface area contributed by atoms with Crippen LogP contribution in [0.25, 0.3) is 10.8 Å². The molecule has 1 heterocycles. The second kappa shape index (κ2) is 7.65. The number of nitrogens with two attached hydrogens (primary N) is 1. The van der Waals surface area contributed by atoms with Gasteiger partial charge in [-0.2, -0.15) is 0 Å². The third-order valence-corrected chi connectivity index (χ3v) is 5.73. The molecule has 1 saturated carbocycles. The lowest BCUT2D eigenvalue weighted by Gasteiger charge is -2.45. The Hall–Kier alpha value is -2.63. The quantitative estimate of drug-likeness (QED) is 0.806. The minimum absolute atomic E-state index is 0.0303. The molecule has 0 radical (unpaired) electrons. The third kappa shape index (κ3) is 5.05. The van der Waals surface area contributed by atoms with E-state index in [0.717, 1.165) is 12.8 Å². The lowest BCUT2D eigenvalue weighted by molar-refractivity contribution is -0.119. The second-order valence-corrected chi connectivity index (χ2v) is 10.0. The van der Waals surface area contributed by atoms with Crippen LogP contribution in [0.4, 0.5) is 5.69 Å². The monoisotopic (exact) mass is 397 g/mol. The molecule has 1 fully saturated rings. The molecule has 156 valence electrons. The van der Waals surface area contributed by atoms with E-state index in [9.17, 15) is 14.4 Å². The Balaban J connectivity index is 1.79. The average molecular weight is 398 g/mol. The van der Waals surface area contributed by atoms with Gasteiger partial charge in [0.1, 0.15) is 6.54 Å². The van der Waals surface area contributed by atoms with Crippen molar-refractivity contribution in [2.24, 2.45) is 22.5 Å². The van der Waals surface area contributed by atoms with Crippen molar-refractivity contribution in [2.45, 2.75) is 59.9 Å². The van der Waals surface area contributed by atoms with Crippen LogP contribution in [0.3, 0.4) is 0 Å². The lowest BCUT2D eigenvalue weighted by Crippen LogP contribution is -2.35. The molecule has 2 aromatic rings. The molecule has 1 aromatic heterocycles. The summed E-state index contributed by atoms with van der Waals surface area (Å²) in [5, 5.41) is 4.11. The summed E-state index contributed by atoms with van der Waals surface area (Å²) in [6.07, 6.45) is 5.26. The lowest BCUT2D eigenvalue weighted by atomic mass is 9.61. The Kier molecular flexibility index (Phi) is 5.57. The first kappa shape index (κ1) is 21.1. The van der Waals surface area contributed by atoms with Gasteiger partial charge in [0, 0.05) is 29.1 Å². The number of benzene rings is 1. The Labute approximate surface area is 171 Å². The van der Waals surface area contributed by atoms with Crippen LogP contribution in [0, 0.1) is 16.7 Å². The number of nitrogens with zero attached hydrogens (tertiary/aromatic N) is 1. The highest BCUT2D eigenvalue weighted by molar-refractivity contribution is 6.01. The Morgan fingerprint density at radius 1 is 1.10 bits per heavy atom. The van der Waals surface area contributed by atoms with E-state index in [0.29, 0.717) is 28.8 Å². The largest absolute Gasteiger partial charge is 0.368 e. The van der Waals surface area contributed by atoms with E-state index in [1.54, 1.807) is 24.3 Å². The maximum atomic E-state index is 12.8. The number of aromatic nitrogens is 1. The second-order valence-electron chi connectivity index (χ2n) is 10.0.